The van der Waals surface area contributed by atoms with Gasteiger partial charge in [0.25, 0.3) is 0 Å². The molecule has 0 saturated heterocycles. The molecule has 0 saturated carbocycles. The van der Waals surface area contributed by atoms with Gasteiger partial charge in [0.15, 0.2) is 0 Å². The second-order valence-corrected chi connectivity index (χ2v) is 11.5. The fraction of sp³-hybridized carbons (Fsp3) is 0.882. The molecule has 0 N–H and O–H groups in total. The third-order valence-corrected chi connectivity index (χ3v) is 0. The van der Waals surface area contributed by atoms with E-state index in [-0.39, 0.29) is 0 Å². The van der Waals surface area contributed by atoms with Crippen molar-refractivity contribution in [3.8, 4) is 0 Å². The van der Waals surface area contributed by atoms with Crippen LogP contribution in [0.2, 0.25) is 0 Å². The molecule has 0 unspecified atom stereocenters. The summed E-state index contributed by atoms with van der Waals surface area (Å²) in [5, 5.41) is 0. The largest absolute Gasteiger partial charge is 0.388 e. The van der Waals surface area contributed by atoms with Crippen molar-refractivity contribution < 1.29 is 17.4 Å². The van der Waals surface area contributed by atoms with Gasteiger partial charge in [0.1, 0.15) is 9.84 Å². The van der Waals surface area contributed by atoms with E-state index in [9.17, 15) is 12.6 Å². The maximum absolute atomic E-state index is 9.63. The highest BCUT2D eigenvalue weighted by Gasteiger charge is 1.95. The van der Waals surface area contributed by atoms with E-state index in [1.54, 1.807) is 38.5 Å². The number of allylic oxidation sites excluding steroid dienone is 1. The Morgan fingerprint density at radius 2 is 1.00 bits per heavy atom. The van der Waals surface area contributed by atoms with Gasteiger partial charge in [-0.05, 0) is 31.8 Å². The summed E-state index contributed by atoms with van der Waals surface area (Å²) in [7, 11) is -0.0278. The summed E-state index contributed by atoms with van der Waals surface area (Å²) < 4.78 is 33.1. The second kappa shape index (κ2) is 28.0. The fourth-order valence-corrected chi connectivity index (χ4v) is 0. The predicted octanol–water partition coefficient (Wildman–Crippen LogP) is 4.53. The minimum atomic E-state index is -2.67. The summed E-state index contributed by atoms with van der Waals surface area (Å²) in [5.74, 6) is 0. The first-order chi connectivity index (χ1) is 10.3. The number of hydrogen-bond acceptors (Lipinski definition) is 5. The zero-order chi connectivity index (χ0) is 21.6. The van der Waals surface area contributed by atoms with Crippen molar-refractivity contribution in [1.29, 1.82) is 0 Å². The highest BCUT2D eigenvalue weighted by atomic mass is 32.2. The van der Waals surface area contributed by atoms with E-state index < -0.39 is 20.6 Å². The van der Waals surface area contributed by atoms with E-state index in [2.05, 4.69) is 39.0 Å². The first-order valence-electron chi connectivity index (χ1n) is 7.12. The van der Waals surface area contributed by atoms with Crippen LogP contribution in [0.1, 0.15) is 41.5 Å². The van der Waals surface area contributed by atoms with Crippen LogP contribution >= 0.6 is 11.8 Å². The Kier molecular flexibility index (Phi) is 45.8. The Bertz CT molecular complexity index is 307. The summed E-state index contributed by atoms with van der Waals surface area (Å²) in [4.78, 5) is 0. The molecule has 24 heavy (non-hydrogen) atoms. The van der Waals surface area contributed by atoms with Crippen LogP contribution in [0.3, 0.4) is 0 Å². The third kappa shape index (κ3) is 440000. The van der Waals surface area contributed by atoms with Gasteiger partial charge in [-0.1, -0.05) is 33.3 Å². The minimum Gasteiger partial charge on any atom is -0.388 e. The Balaban J connectivity index is -0.0000000410. The van der Waals surface area contributed by atoms with Crippen molar-refractivity contribution in [2.24, 2.45) is 5.41 Å². The Labute approximate surface area is 160 Å². The third-order valence-electron chi connectivity index (χ3n) is 0. The molecule has 0 amide bonds. The number of methoxy groups -OCH3 is 1. The van der Waals surface area contributed by atoms with Crippen LogP contribution in [0.4, 0.5) is 0 Å². The lowest BCUT2D eigenvalue weighted by molar-refractivity contribution is 0.277. The molecule has 0 rings (SSSR count). The smallest absolute Gasteiger partial charge is 0.144 e. The number of thioether (sulfide) groups is 1. The zero-order valence-electron chi connectivity index (χ0n) is 18.6. The standard InChI is InChI=1S/C5H12.C4H8.C2H6O2S.C2H6OS.C2H6O.C2H6S/c1-5(2,3)4;1-4(2)3;1-5(2,3)4;1-4(2)3;2*1-3-2/h1-4H3;1H2,2-3H3;1-2H3;1-2H3;2*1-2H3. The van der Waals surface area contributed by atoms with Gasteiger partial charge in [-0.25, -0.2) is 8.42 Å². The van der Waals surface area contributed by atoms with Gasteiger partial charge in [-0.15, -0.1) is 6.58 Å². The van der Waals surface area contributed by atoms with Crippen LogP contribution in [0.15, 0.2) is 12.2 Å². The average molecular weight is 409 g/mol. The number of ether oxygens (including phenoxy) is 1. The highest BCUT2D eigenvalue weighted by Crippen LogP contribution is 2.08. The van der Waals surface area contributed by atoms with Gasteiger partial charge < -0.3 is 4.74 Å². The van der Waals surface area contributed by atoms with Crippen molar-refractivity contribution in [2.75, 3.05) is 51.8 Å². The molecule has 154 valence electrons. The molecule has 0 aromatic heterocycles. The van der Waals surface area contributed by atoms with Crippen molar-refractivity contribution in [3.63, 3.8) is 0 Å². The number of sulfone groups is 1. The van der Waals surface area contributed by atoms with Crippen LogP contribution in [0, 0.1) is 5.41 Å². The maximum atomic E-state index is 9.63. The molecule has 0 radical (unpaired) electrons. The molecule has 0 aliphatic heterocycles. The van der Waals surface area contributed by atoms with E-state index in [4.69, 9.17) is 0 Å². The first kappa shape index (κ1) is 39.3. The molecule has 0 spiro atoms. The molecular weight excluding hydrogens is 364 g/mol. The lowest BCUT2D eigenvalue weighted by atomic mass is 10.0. The van der Waals surface area contributed by atoms with E-state index in [1.165, 1.54) is 5.57 Å². The normalized spacial score (nSPS) is 8.96. The van der Waals surface area contributed by atoms with Gasteiger partial charge in [-0.2, -0.15) is 11.8 Å². The second-order valence-electron chi connectivity index (χ2n) is 6.91. The SMILES string of the molecule is C=C(C)C.CC(C)(C)C.COC.CS(C)(=O)=O.CS(C)=O.CSC. The van der Waals surface area contributed by atoms with E-state index >= 15 is 0 Å². The predicted molar refractivity (Wildman–Crippen MR) is 119 cm³/mol. The van der Waals surface area contributed by atoms with E-state index in [1.807, 2.05) is 26.4 Å². The maximum Gasteiger partial charge on any atom is 0.144 e. The molecule has 0 atom stereocenters. The van der Waals surface area contributed by atoms with Crippen LogP contribution < -0.4 is 0 Å². The molecule has 0 aromatic carbocycles. The zero-order valence-corrected chi connectivity index (χ0v) is 21.0. The van der Waals surface area contributed by atoms with Crippen molar-refractivity contribution >= 4 is 32.4 Å². The van der Waals surface area contributed by atoms with Gasteiger partial charge in [-0.3, -0.25) is 4.21 Å². The minimum absolute atomic E-state index is 0.500. The first-order valence-corrected chi connectivity index (χ1v) is 13.0. The molecule has 0 bridgehead atoms. The molecular formula is C17H44O4S3. The van der Waals surface area contributed by atoms with Crippen molar-refractivity contribution in [3.05, 3.63) is 12.2 Å². The van der Waals surface area contributed by atoms with Gasteiger partial charge in [0.05, 0.1) is 0 Å². The Morgan fingerprint density at radius 3 is 1.00 bits per heavy atom. The molecule has 7 heteroatoms. The lowest BCUT2D eigenvalue weighted by Crippen LogP contribution is -1.93. The van der Waals surface area contributed by atoms with Crippen molar-refractivity contribution in [2.45, 2.75) is 41.5 Å². The molecule has 0 fully saturated rings. The van der Waals surface area contributed by atoms with E-state index in [0.717, 1.165) is 12.5 Å². The number of rotatable bonds is 0. The molecule has 0 aliphatic carbocycles. The van der Waals surface area contributed by atoms with Crippen LogP contribution in [-0.2, 0) is 25.4 Å². The summed E-state index contributed by atoms with van der Waals surface area (Å²) >= 11 is 1.75. The Hall–Kier alpha value is 0.150. The molecule has 4 nitrogen and oxygen atoms in total. The van der Waals surface area contributed by atoms with Gasteiger partial charge >= 0.3 is 0 Å². The molecule has 0 aromatic rings. The summed E-state index contributed by atoms with van der Waals surface area (Å²) in [6.07, 6.45) is 9.68. The van der Waals surface area contributed by atoms with Crippen LogP contribution in [-0.4, -0.2) is 64.4 Å². The van der Waals surface area contributed by atoms with Crippen molar-refractivity contribution in [1.82, 2.24) is 0 Å². The average Bonchev–Trinajstić information content (AvgIpc) is 2.10. The van der Waals surface area contributed by atoms with Gasteiger partial charge in [0.2, 0.25) is 0 Å². The molecule has 0 heterocycles. The lowest BCUT2D eigenvalue weighted by Gasteiger charge is -2.05. The van der Waals surface area contributed by atoms with E-state index in [0.29, 0.717) is 5.41 Å². The summed E-state index contributed by atoms with van der Waals surface area (Å²) in [5.41, 5.74) is 1.67. The monoisotopic (exact) mass is 408 g/mol. The summed E-state index contributed by atoms with van der Waals surface area (Å²) in [6.45, 7) is 16.2. The fourth-order valence-electron chi connectivity index (χ4n) is 0. The van der Waals surface area contributed by atoms with Crippen LogP contribution in [0.5, 0.6) is 0 Å². The molecule has 0 aliphatic rings. The van der Waals surface area contributed by atoms with Crippen LogP contribution in [0.25, 0.3) is 0 Å². The topological polar surface area (TPSA) is 60.4 Å². The Morgan fingerprint density at radius 1 is 1.00 bits per heavy atom. The highest BCUT2D eigenvalue weighted by molar-refractivity contribution is 7.97. The number of hydrogen-bond donors (Lipinski definition) is 0. The van der Waals surface area contributed by atoms with Gasteiger partial charge in [0, 0.05) is 50.0 Å². The quantitative estimate of drug-likeness (QED) is 0.551. The summed E-state index contributed by atoms with van der Waals surface area (Å²) in [6, 6.07) is 0.